The SMILES string of the molecule is Cc1ccc(S(=O)(=O)N2CC3(CN(C(c4ccccc4)c4ccccc4)C3)C2)cc1. The Bertz CT molecular complexity index is 1080. The highest BCUT2D eigenvalue weighted by Gasteiger charge is 2.56. The van der Waals surface area contributed by atoms with Gasteiger partial charge in [0.25, 0.3) is 0 Å². The Morgan fingerprint density at radius 3 is 1.73 bits per heavy atom. The average molecular weight is 419 g/mol. The number of sulfonamides is 1. The molecule has 2 fully saturated rings. The lowest BCUT2D eigenvalue weighted by molar-refractivity contribution is -0.0944. The lowest BCUT2D eigenvalue weighted by atomic mass is 9.72. The van der Waals surface area contributed by atoms with E-state index in [1.165, 1.54) is 11.1 Å². The molecule has 0 aliphatic carbocycles. The summed E-state index contributed by atoms with van der Waals surface area (Å²) in [4.78, 5) is 2.87. The topological polar surface area (TPSA) is 40.6 Å². The number of nitrogens with zero attached hydrogens (tertiary/aromatic N) is 2. The molecule has 0 radical (unpaired) electrons. The van der Waals surface area contributed by atoms with Crippen LogP contribution in [0.2, 0.25) is 0 Å². The third kappa shape index (κ3) is 3.37. The lowest BCUT2D eigenvalue weighted by Crippen LogP contribution is -2.73. The quantitative estimate of drug-likeness (QED) is 0.627. The van der Waals surface area contributed by atoms with Gasteiger partial charge in [0.2, 0.25) is 10.0 Å². The van der Waals surface area contributed by atoms with Crippen LogP contribution in [0.1, 0.15) is 22.7 Å². The Morgan fingerprint density at radius 2 is 1.23 bits per heavy atom. The minimum atomic E-state index is -3.39. The van der Waals surface area contributed by atoms with Crippen molar-refractivity contribution in [1.29, 1.82) is 0 Å². The van der Waals surface area contributed by atoms with Gasteiger partial charge < -0.3 is 0 Å². The lowest BCUT2D eigenvalue weighted by Gasteiger charge is -2.61. The van der Waals surface area contributed by atoms with Crippen LogP contribution < -0.4 is 0 Å². The first-order valence-electron chi connectivity index (χ1n) is 10.4. The van der Waals surface area contributed by atoms with E-state index in [2.05, 4.69) is 53.4 Å². The summed E-state index contributed by atoms with van der Waals surface area (Å²) in [5.41, 5.74) is 3.71. The average Bonchev–Trinajstić information content (AvgIpc) is 2.70. The third-order valence-electron chi connectivity index (χ3n) is 6.36. The molecular weight excluding hydrogens is 392 g/mol. The Hall–Kier alpha value is -2.47. The number of hydrogen-bond donors (Lipinski definition) is 0. The summed E-state index contributed by atoms with van der Waals surface area (Å²) in [6, 6.07) is 28.5. The summed E-state index contributed by atoms with van der Waals surface area (Å²) in [7, 11) is -3.39. The van der Waals surface area contributed by atoms with Gasteiger partial charge in [0.1, 0.15) is 0 Å². The highest BCUT2D eigenvalue weighted by molar-refractivity contribution is 7.89. The molecule has 3 aromatic rings. The largest absolute Gasteiger partial charge is 0.291 e. The molecule has 1 spiro atoms. The van der Waals surface area contributed by atoms with E-state index in [0.29, 0.717) is 18.0 Å². The van der Waals surface area contributed by atoms with Crippen molar-refractivity contribution in [2.24, 2.45) is 5.41 Å². The molecule has 0 bridgehead atoms. The van der Waals surface area contributed by atoms with Gasteiger partial charge in [-0.15, -0.1) is 0 Å². The van der Waals surface area contributed by atoms with Crippen molar-refractivity contribution in [2.75, 3.05) is 26.2 Å². The molecule has 30 heavy (non-hydrogen) atoms. The molecule has 2 heterocycles. The third-order valence-corrected chi connectivity index (χ3v) is 8.16. The van der Waals surface area contributed by atoms with Gasteiger partial charge in [0.15, 0.2) is 0 Å². The molecule has 0 amide bonds. The van der Waals surface area contributed by atoms with Crippen LogP contribution in [0.5, 0.6) is 0 Å². The first-order valence-corrected chi connectivity index (χ1v) is 11.8. The zero-order chi connectivity index (χ0) is 20.8. The fraction of sp³-hybridized carbons (Fsp3) is 0.280. The second kappa shape index (κ2) is 7.34. The Balaban J connectivity index is 1.30. The second-order valence-electron chi connectivity index (χ2n) is 8.72. The molecule has 0 N–H and O–H groups in total. The summed E-state index contributed by atoms with van der Waals surface area (Å²) in [5, 5.41) is 0. The molecule has 2 saturated heterocycles. The zero-order valence-corrected chi connectivity index (χ0v) is 17.9. The first-order chi connectivity index (χ1) is 14.5. The summed E-state index contributed by atoms with van der Waals surface area (Å²) in [6.45, 7) is 5.02. The van der Waals surface area contributed by atoms with Crippen molar-refractivity contribution >= 4 is 10.0 Å². The van der Waals surface area contributed by atoms with Crippen LogP contribution in [0.15, 0.2) is 89.8 Å². The summed E-state index contributed by atoms with van der Waals surface area (Å²) < 4.78 is 27.5. The molecule has 5 heteroatoms. The highest BCUT2D eigenvalue weighted by Crippen LogP contribution is 2.46. The standard InChI is InChI=1S/C25H26N2O2S/c1-20-12-14-23(15-13-20)30(28,29)27-18-25(19-27)16-26(17-25)24(21-8-4-2-5-9-21)22-10-6-3-7-11-22/h2-15,24H,16-19H2,1H3. The second-order valence-corrected chi connectivity index (χ2v) is 10.7. The highest BCUT2D eigenvalue weighted by atomic mass is 32.2. The van der Waals surface area contributed by atoms with E-state index in [1.54, 1.807) is 16.4 Å². The van der Waals surface area contributed by atoms with Crippen LogP contribution in [0.25, 0.3) is 0 Å². The summed E-state index contributed by atoms with van der Waals surface area (Å²) >= 11 is 0. The monoisotopic (exact) mass is 418 g/mol. The maximum Gasteiger partial charge on any atom is 0.243 e. The van der Waals surface area contributed by atoms with Crippen molar-refractivity contribution in [1.82, 2.24) is 9.21 Å². The predicted molar refractivity (Wildman–Crippen MR) is 119 cm³/mol. The Morgan fingerprint density at radius 1 is 0.733 bits per heavy atom. The number of aryl methyl sites for hydroxylation is 1. The molecule has 0 aromatic heterocycles. The van der Waals surface area contributed by atoms with Crippen molar-refractivity contribution in [3.8, 4) is 0 Å². The van der Waals surface area contributed by atoms with Crippen molar-refractivity contribution < 1.29 is 8.42 Å². The Kier molecular flexibility index (Phi) is 4.77. The summed E-state index contributed by atoms with van der Waals surface area (Å²) in [5.74, 6) is 0. The summed E-state index contributed by atoms with van der Waals surface area (Å²) in [6.07, 6.45) is 0. The van der Waals surface area contributed by atoms with Crippen LogP contribution in [-0.2, 0) is 10.0 Å². The van der Waals surface area contributed by atoms with Gasteiger partial charge in [0, 0.05) is 31.6 Å². The van der Waals surface area contributed by atoms with Gasteiger partial charge in [-0.1, -0.05) is 78.4 Å². The molecule has 5 rings (SSSR count). The van der Waals surface area contributed by atoms with Crippen molar-refractivity contribution in [3.05, 3.63) is 102 Å². The normalized spacial score (nSPS) is 18.9. The van der Waals surface area contributed by atoms with E-state index in [4.69, 9.17) is 0 Å². The van der Waals surface area contributed by atoms with Crippen LogP contribution in [0.3, 0.4) is 0 Å². The van der Waals surface area contributed by atoms with E-state index >= 15 is 0 Å². The van der Waals surface area contributed by atoms with Crippen LogP contribution in [0, 0.1) is 12.3 Å². The number of hydrogen-bond acceptors (Lipinski definition) is 3. The predicted octanol–water partition coefficient (Wildman–Crippen LogP) is 4.09. The minimum Gasteiger partial charge on any atom is -0.291 e. The van der Waals surface area contributed by atoms with E-state index in [1.807, 2.05) is 31.2 Å². The van der Waals surface area contributed by atoms with Crippen molar-refractivity contribution in [3.63, 3.8) is 0 Å². The molecule has 0 saturated carbocycles. The van der Waals surface area contributed by atoms with Gasteiger partial charge in [-0.05, 0) is 30.2 Å². The number of rotatable bonds is 5. The van der Waals surface area contributed by atoms with E-state index in [-0.39, 0.29) is 11.5 Å². The minimum absolute atomic E-state index is 0.0829. The van der Waals surface area contributed by atoms with Crippen LogP contribution in [0.4, 0.5) is 0 Å². The fourth-order valence-corrected chi connectivity index (χ4v) is 6.48. The molecule has 4 nitrogen and oxygen atoms in total. The number of likely N-dealkylation sites (tertiary alicyclic amines) is 1. The maximum absolute atomic E-state index is 12.9. The zero-order valence-electron chi connectivity index (χ0n) is 17.1. The van der Waals surface area contributed by atoms with E-state index < -0.39 is 10.0 Å². The van der Waals surface area contributed by atoms with Gasteiger partial charge >= 0.3 is 0 Å². The first kappa shape index (κ1) is 19.5. The fourth-order valence-electron chi connectivity index (χ4n) is 4.81. The molecular formula is C25H26N2O2S. The Labute approximate surface area is 178 Å². The van der Waals surface area contributed by atoms with Gasteiger partial charge in [0.05, 0.1) is 10.9 Å². The van der Waals surface area contributed by atoms with Gasteiger partial charge in [-0.25, -0.2) is 8.42 Å². The molecule has 3 aromatic carbocycles. The van der Waals surface area contributed by atoms with E-state index in [0.717, 1.165) is 18.7 Å². The molecule has 2 aliphatic heterocycles. The van der Waals surface area contributed by atoms with Crippen LogP contribution >= 0.6 is 0 Å². The van der Waals surface area contributed by atoms with Gasteiger partial charge in [-0.3, -0.25) is 4.90 Å². The molecule has 0 atom stereocenters. The van der Waals surface area contributed by atoms with Gasteiger partial charge in [-0.2, -0.15) is 4.31 Å². The smallest absolute Gasteiger partial charge is 0.243 e. The van der Waals surface area contributed by atoms with Crippen LogP contribution in [-0.4, -0.2) is 43.8 Å². The molecule has 2 aliphatic rings. The molecule has 154 valence electrons. The van der Waals surface area contributed by atoms with Crippen molar-refractivity contribution in [2.45, 2.75) is 17.9 Å². The maximum atomic E-state index is 12.9. The number of benzene rings is 3. The van der Waals surface area contributed by atoms with E-state index in [9.17, 15) is 8.42 Å². The molecule has 0 unspecified atom stereocenters.